The summed E-state index contributed by atoms with van der Waals surface area (Å²) in [5.41, 5.74) is 3.08. The van der Waals surface area contributed by atoms with Crippen LogP contribution in [0.15, 0.2) is 53.5 Å². The predicted octanol–water partition coefficient (Wildman–Crippen LogP) is 3.10. The summed E-state index contributed by atoms with van der Waals surface area (Å²) < 4.78 is 31.0. The Labute approximate surface area is 187 Å². The highest BCUT2D eigenvalue weighted by atomic mass is 19.1. The Balaban J connectivity index is 1.37. The van der Waals surface area contributed by atoms with Crippen LogP contribution in [-0.2, 0) is 6.54 Å². The number of carbonyl (C=O) groups is 1. The molecule has 4 aromatic rings. The van der Waals surface area contributed by atoms with Gasteiger partial charge in [0.05, 0.1) is 11.0 Å². The number of H-pyrrole nitrogens is 1. The van der Waals surface area contributed by atoms with Crippen LogP contribution in [0.3, 0.4) is 0 Å². The maximum absolute atomic E-state index is 14.9. The SMILES string of the molecule is CNC(=O)c1ccc(C2=CCN(Cc3cc4[nH]c(=O)c5cccn5c4cc3F)CC2)c(F)n1. The quantitative estimate of drug-likeness (QED) is 0.469. The van der Waals surface area contributed by atoms with E-state index < -0.39 is 11.9 Å². The molecule has 1 aliphatic heterocycles. The molecule has 33 heavy (non-hydrogen) atoms. The van der Waals surface area contributed by atoms with Gasteiger partial charge in [-0.25, -0.2) is 9.37 Å². The third-order valence-corrected chi connectivity index (χ3v) is 6.00. The first kappa shape index (κ1) is 21.0. The van der Waals surface area contributed by atoms with E-state index >= 15 is 0 Å². The molecular weight excluding hydrogens is 428 g/mol. The minimum atomic E-state index is -0.684. The van der Waals surface area contributed by atoms with E-state index in [4.69, 9.17) is 0 Å². The second kappa shape index (κ2) is 8.25. The van der Waals surface area contributed by atoms with Crippen molar-refractivity contribution in [1.82, 2.24) is 24.6 Å². The molecule has 0 radical (unpaired) electrons. The van der Waals surface area contributed by atoms with Gasteiger partial charge in [-0.1, -0.05) is 6.08 Å². The third-order valence-electron chi connectivity index (χ3n) is 6.00. The first-order valence-electron chi connectivity index (χ1n) is 10.6. The van der Waals surface area contributed by atoms with Crippen LogP contribution in [0.2, 0.25) is 0 Å². The molecule has 168 valence electrons. The maximum Gasteiger partial charge on any atom is 0.272 e. The van der Waals surface area contributed by atoms with Crippen molar-refractivity contribution in [3.05, 3.63) is 87.6 Å². The predicted molar refractivity (Wildman–Crippen MR) is 121 cm³/mol. The largest absolute Gasteiger partial charge is 0.354 e. The van der Waals surface area contributed by atoms with Crippen molar-refractivity contribution in [2.45, 2.75) is 13.0 Å². The molecule has 3 aromatic heterocycles. The summed E-state index contributed by atoms with van der Waals surface area (Å²) in [6.45, 7) is 1.47. The van der Waals surface area contributed by atoms with E-state index in [1.165, 1.54) is 19.2 Å². The Hall–Kier alpha value is -3.85. The van der Waals surface area contributed by atoms with Crippen LogP contribution in [0.25, 0.3) is 22.1 Å². The summed E-state index contributed by atoms with van der Waals surface area (Å²) in [4.78, 5) is 32.5. The summed E-state index contributed by atoms with van der Waals surface area (Å²) in [7, 11) is 1.46. The van der Waals surface area contributed by atoms with Gasteiger partial charge in [0.15, 0.2) is 0 Å². The Kier molecular flexibility index (Phi) is 5.26. The zero-order chi connectivity index (χ0) is 23.1. The number of amides is 1. The molecule has 1 amide bonds. The number of nitrogens with zero attached hydrogens (tertiary/aromatic N) is 3. The zero-order valence-electron chi connectivity index (χ0n) is 17.9. The molecule has 0 unspecified atom stereocenters. The van der Waals surface area contributed by atoms with E-state index in [9.17, 15) is 18.4 Å². The Morgan fingerprint density at radius 1 is 1.21 bits per heavy atom. The lowest BCUT2D eigenvalue weighted by atomic mass is 10.00. The highest BCUT2D eigenvalue weighted by Crippen LogP contribution is 2.26. The summed E-state index contributed by atoms with van der Waals surface area (Å²) in [5.74, 6) is -1.48. The van der Waals surface area contributed by atoms with Crippen LogP contribution >= 0.6 is 0 Å². The van der Waals surface area contributed by atoms with Crippen LogP contribution < -0.4 is 10.9 Å². The average Bonchev–Trinajstić information content (AvgIpc) is 3.31. The third kappa shape index (κ3) is 3.80. The normalized spacial score (nSPS) is 14.6. The van der Waals surface area contributed by atoms with Gasteiger partial charge in [0, 0.05) is 50.1 Å². The number of aromatic nitrogens is 3. The number of fused-ring (bicyclic) bond motifs is 3. The fourth-order valence-corrected chi connectivity index (χ4v) is 4.26. The number of halogens is 2. The topological polar surface area (TPSA) is 82.5 Å². The molecule has 7 nitrogen and oxygen atoms in total. The highest BCUT2D eigenvalue weighted by molar-refractivity contribution is 5.92. The second-order valence-corrected chi connectivity index (χ2v) is 8.01. The van der Waals surface area contributed by atoms with E-state index in [0.717, 1.165) is 5.57 Å². The van der Waals surface area contributed by atoms with E-state index in [-0.39, 0.29) is 17.1 Å². The summed E-state index contributed by atoms with van der Waals surface area (Å²) >= 11 is 0. The summed E-state index contributed by atoms with van der Waals surface area (Å²) in [5, 5.41) is 2.42. The first-order chi connectivity index (χ1) is 15.9. The Morgan fingerprint density at radius 3 is 2.79 bits per heavy atom. The number of hydrogen-bond acceptors (Lipinski definition) is 4. The lowest BCUT2D eigenvalue weighted by Crippen LogP contribution is -2.28. The molecule has 0 aliphatic carbocycles. The van der Waals surface area contributed by atoms with E-state index in [0.29, 0.717) is 53.7 Å². The molecule has 5 rings (SSSR count). The summed E-state index contributed by atoms with van der Waals surface area (Å²) in [6, 6.07) is 9.61. The molecule has 0 spiro atoms. The van der Waals surface area contributed by atoms with E-state index in [1.807, 2.05) is 11.0 Å². The van der Waals surface area contributed by atoms with Crippen molar-refractivity contribution in [2.24, 2.45) is 0 Å². The van der Waals surface area contributed by atoms with Gasteiger partial charge in [0.25, 0.3) is 11.5 Å². The fourth-order valence-electron chi connectivity index (χ4n) is 4.26. The number of rotatable bonds is 4. The Bertz CT molecular complexity index is 1490. The lowest BCUT2D eigenvalue weighted by molar-refractivity contribution is 0.0957. The van der Waals surface area contributed by atoms with Gasteiger partial charge in [-0.2, -0.15) is 4.39 Å². The van der Waals surface area contributed by atoms with Crippen molar-refractivity contribution < 1.29 is 13.6 Å². The number of aromatic amines is 1. The number of pyridine rings is 1. The minimum absolute atomic E-state index is 0.0267. The van der Waals surface area contributed by atoms with Crippen LogP contribution in [0.4, 0.5) is 8.78 Å². The summed E-state index contributed by atoms with van der Waals surface area (Å²) in [6.07, 6.45) is 4.19. The van der Waals surface area contributed by atoms with Crippen molar-refractivity contribution in [1.29, 1.82) is 0 Å². The lowest BCUT2D eigenvalue weighted by Gasteiger charge is -2.26. The van der Waals surface area contributed by atoms with Gasteiger partial charge in [0.1, 0.15) is 17.0 Å². The van der Waals surface area contributed by atoms with Gasteiger partial charge < -0.3 is 14.7 Å². The van der Waals surface area contributed by atoms with Crippen LogP contribution in [-0.4, -0.2) is 45.3 Å². The standard InChI is InChI=1S/C24H21F2N5O2/c1-27-23(32)18-5-4-16(22(26)28-18)14-6-9-30(10-7-14)13-15-11-19-21(12-17(15)25)31-8-2-3-20(31)24(33)29-19/h2-6,8,11-12H,7,9-10,13H2,1H3,(H,27,32)(H,29,33). The highest BCUT2D eigenvalue weighted by Gasteiger charge is 2.19. The minimum Gasteiger partial charge on any atom is -0.354 e. The molecule has 9 heteroatoms. The number of hydrogen-bond donors (Lipinski definition) is 2. The average molecular weight is 449 g/mol. The van der Waals surface area contributed by atoms with Crippen molar-refractivity contribution in [3.8, 4) is 0 Å². The van der Waals surface area contributed by atoms with Crippen LogP contribution in [0, 0.1) is 11.8 Å². The molecule has 4 heterocycles. The molecule has 0 fully saturated rings. The number of benzene rings is 1. The molecule has 1 aliphatic rings. The van der Waals surface area contributed by atoms with Crippen LogP contribution in [0.1, 0.15) is 28.0 Å². The molecule has 1 aromatic carbocycles. The first-order valence-corrected chi connectivity index (χ1v) is 10.6. The fraction of sp³-hybridized carbons (Fsp3) is 0.208. The smallest absolute Gasteiger partial charge is 0.272 e. The number of carbonyl (C=O) groups excluding carboxylic acids is 1. The zero-order valence-corrected chi connectivity index (χ0v) is 17.9. The van der Waals surface area contributed by atoms with Gasteiger partial charge in [0.2, 0.25) is 5.95 Å². The van der Waals surface area contributed by atoms with Crippen LogP contribution in [0.5, 0.6) is 0 Å². The molecule has 0 atom stereocenters. The van der Waals surface area contributed by atoms with E-state index in [1.54, 1.807) is 34.9 Å². The monoisotopic (exact) mass is 449 g/mol. The van der Waals surface area contributed by atoms with Crippen molar-refractivity contribution in [3.63, 3.8) is 0 Å². The number of nitrogens with one attached hydrogen (secondary N) is 2. The van der Waals surface area contributed by atoms with Gasteiger partial charge in [-0.15, -0.1) is 0 Å². The molecule has 0 saturated carbocycles. The maximum atomic E-state index is 14.9. The molecule has 0 bridgehead atoms. The Morgan fingerprint density at radius 2 is 2.06 bits per heavy atom. The van der Waals surface area contributed by atoms with Crippen molar-refractivity contribution >= 4 is 28.0 Å². The van der Waals surface area contributed by atoms with Gasteiger partial charge in [-0.05, 0) is 42.3 Å². The van der Waals surface area contributed by atoms with Gasteiger partial charge in [-0.3, -0.25) is 14.5 Å². The van der Waals surface area contributed by atoms with Crippen molar-refractivity contribution in [2.75, 3.05) is 20.1 Å². The second-order valence-electron chi connectivity index (χ2n) is 8.01. The molecule has 0 saturated heterocycles. The van der Waals surface area contributed by atoms with E-state index in [2.05, 4.69) is 15.3 Å². The van der Waals surface area contributed by atoms with Gasteiger partial charge >= 0.3 is 0 Å². The molecule has 2 N–H and O–H groups in total. The molecular formula is C24H21F2N5O2.